The number of nitriles is 1. The maximum absolute atomic E-state index is 15.3. The summed E-state index contributed by atoms with van der Waals surface area (Å²) in [6.45, 7) is 3.45. The molecular formula is C25H21FN6O3S. The van der Waals surface area contributed by atoms with Gasteiger partial charge in [0.05, 0.1) is 41.2 Å². The third-order valence-corrected chi connectivity index (χ3v) is 7.07. The van der Waals surface area contributed by atoms with Crippen LogP contribution in [0.25, 0.3) is 16.8 Å². The number of aryl methyl sites for hydroxylation is 1. The third kappa shape index (κ3) is 4.05. The number of benzene rings is 2. The zero-order valence-corrected chi connectivity index (χ0v) is 20.5. The first-order valence-corrected chi connectivity index (χ1v) is 12.2. The van der Waals surface area contributed by atoms with Crippen molar-refractivity contribution < 1.29 is 18.5 Å². The van der Waals surface area contributed by atoms with Crippen LogP contribution in [0.15, 0.2) is 53.7 Å². The van der Waals surface area contributed by atoms with Crippen molar-refractivity contribution >= 4 is 28.6 Å². The first-order chi connectivity index (χ1) is 17.3. The van der Waals surface area contributed by atoms with Crippen molar-refractivity contribution in [3.8, 4) is 22.9 Å². The topological polar surface area (TPSA) is 119 Å². The summed E-state index contributed by atoms with van der Waals surface area (Å²) in [4.78, 5) is 23.8. The van der Waals surface area contributed by atoms with E-state index in [1.54, 1.807) is 61.8 Å². The number of hydrogen-bond acceptors (Lipinski definition) is 7. The molecule has 36 heavy (non-hydrogen) atoms. The quantitative estimate of drug-likeness (QED) is 0.414. The summed E-state index contributed by atoms with van der Waals surface area (Å²) in [5, 5.41) is 9.27. The maximum Gasteiger partial charge on any atom is 0.268 e. The molecule has 11 heteroatoms. The van der Waals surface area contributed by atoms with Crippen molar-refractivity contribution in [3.05, 3.63) is 71.7 Å². The average Bonchev–Trinajstić information content (AvgIpc) is 3.20. The molecule has 0 saturated heterocycles. The van der Waals surface area contributed by atoms with Crippen molar-refractivity contribution in [2.24, 2.45) is 0 Å². The fourth-order valence-corrected chi connectivity index (χ4v) is 4.89. The van der Waals surface area contributed by atoms with E-state index in [0.717, 1.165) is 0 Å². The molecule has 2 aromatic heterocycles. The summed E-state index contributed by atoms with van der Waals surface area (Å²) in [6, 6.07) is 12.0. The Hall–Kier alpha value is -3.98. The van der Waals surface area contributed by atoms with Crippen LogP contribution in [-0.4, -0.2) is 38.0 Å². The van der Waals surface area contributed by atoms with Crippen molar-refractivity contribution in [3.63, 3.8) is 0 Å². The number of nitrogens with one attached hydrogen (secondary N) is 1. The van der Waals surface area contributed by atoms with E-state index in [2.05, 4.69) is 14.7 Å². The van der Waals surface area contributed by atoms with Gasteiger partial charge in [-0.05, 0) is 43.2 Å². The van der Waals surface area contributed by atoms with E-state index in [1.807, 2.05) is 6.07 Å². The molecule has 1 N–H and O–H groups in total. The van der Waals surface area contributed by atoms with Gasteiger partial charge in [0.1, 0.15) is 6.07 Å². The number of fused-ring (bicyclic) bond motifs is 2. The number of imidazole rings is 1. The minimum atomic E-state index is -1.41. The van der Waals surface area contributed by atoms with E-state index in [9.17, 15) is 14.6 Å². The normalized spacial score (nSPS) is 15.9. The lowest BCUT2D eigenvalue weighted by molar-refractivity contribution is -0.125. The summed E-state index contributed by atoms with van der Waals surface area (Å²) >= 11 is -1.41. The Morgan fingerprint density at radius 1 is 1.31 bits per heavy atom. The van der Waals surface area contributed by atoms with Crippen LogP contribution in [0.2, 0.25) is 0 Å². The first kappa shape index (κ1) is 23.7. The van der Waals surface area contributed by atoms with Crippen LogP contribution in [0, 0.1) is 24.1 Å². The zero-order chi connectivity index (χ0) is 25.6. The van der Waals surface area contributed by atoms with Gasteiger partial charge < -0.3 is 9.29 Å². The van der Waals surface area contributed by atoms with Crippen LogP contribution in [-0.2, 0) is 22.7 Å². The number of amides is 1. The number of hydrogen-bond donors (Lipinski definition) is 1. The lowest BCUT2D eigenvalue weighted by Gasteiger charge is -2.33. The Balaban J connectivity index is 1.62. The van der Waals surface area contributed by atoms with Crippen LogP contribution in [0.1, 0.15) is 24.0 Å². The van der Waals surface area contributed by atoms with Crippen molar-refractivity contribution in [2.45, 2.75) is 31.4 Å². The highest BCUT2D eigenvalue weighted by Crippen LogP contribution is 2.41. The number of halogens is 1. The lowest BCUT2D eigenvalue weighted by Crippen LogP contribution is -2.44. The summed E-state index contributed by atoms with van der Waals surface area (Å²) in [5.74, 6) is -0.975. The molecule has 0 spiro atoms. The van der Waals surface area contributed by atoms with Crippen LogP contribution in [0.3, 0.4) is 0 Å². The summed E-state index contributed by atoms with van der Waals surface area (Å²) in [5.41, 5.74) is 3.47. The van der Waals surface area contributed by atoms with Gasteiger partial charge in [0, 0.05) is 19.3 Å². The second-order valence-electron chi connectivity index (χ2n) is 8.25. The number of carbonyl (C=O) groups excluding carboxylic acids is 1. The van der Waals surface area contributed by atoms with E-state index < -0.39 is 23.3 Å². The highest BCUT2D eigenvalue weighted by Gasteiger charge is 2.35. The van der Waals surface area contributed by atoms with E-state index in [0.29, 0.717) is 33.1 Å². The molecule has 0 fully saturated rings. The molecule has 1 aliphatic heterocycles. The second kappa shape index (κ2) is 9.23. The fourth-order valence-electron chi connectivity index (χ4n) is 4.22. The van der Waals surface area contributed by atoms with Gasteiger partial charge in [0.25, 0.3) is 5.91 Å². The van der Waals surface area contributed by atoms with Gasteiger partial charge in [-0.3, -0.25) is 14.1 Å². The van der Waals surface area contributed by atoms with Crippen molar-refractivity contribution in [2.75, 3.05) is 11.9 Å². The molecule has 0 radical (unpaired) electrons. The average molecular weight is 505 g/mol. The number of ether oxygens (including phenoxy) is 1. The number of aromatic nitrogens is 3. The molecule has 0 bridgehead atoms. The lowest BCUT2D eigenvalue weighted by atomic mass is 10.0. The molecule has 9 nitrogen and oxygen atoms in total. The fraction of sp³-hybridized carbons (Fsp3) is 0.200. The molecule has 2 atom stereocenters. The van der Waals surface area contributed by atoms with Crippen molar-refractivity contribution in [1.82, 2.24) is 19.1 Å². The molecule has 1 aliphatic rings. The van der Waals surface area contributed by atoms with E-state index in [-0.39, 0.29) is 29.6 Å². The van der Waals surface area contributed by atoms with Gasteiger partial charge in [0.15, 0.2) is 33.9 Å². The second-order valence-corrected chi connectivity index (χ2v) is 9.67. The van der Waals surface area contributed by atoms with Gasteiger partial charge >= 0.3 is 0 Å². The summed E-state index contributed by atoms with van der Waals surface area (Å²) in [7, 11) is 1.58. The van der Waals surface area contributed by atoms with Gasteiger partial charge in [-0.15, -0.1) is 4.72 Å². The van der Waals surface area contributed by atoms with E-state index in [4.69, 9.17) is 4.74 Å². The summed E-state index contributed by atoms with van der Waals surface area (Å²) < 4.78 is 37.6. The smallest absolute Gasteiger partial charge is 0.268 e. The zero-order valence-electron chi connectivity index (χ0n) is 19.7. The Labute approximate surface area is 209 Å². The van der Waals surface area contributed by atoms with Crippen LogP contribution < -0.4 is 14.4 Å². The molecule has 3 heterocycles. The third-order valence-electron chi connectivity index (χ3n) is 6.02. The molecular weight excluding hydrogens is 483 g/mol. The van der Waals surface area contributed by atoms with Gasteiger partial charge in [-0.2, -0.15) is 5.26 Å². The van der Waals surface area contributed by atoms with E-state index >= 15 is 4.39 Å². The van der Waals surface area contributed by atoms with E-state index in [1.165, 1.54) is 17.2 Å². The molecule has 0 aliphatic carbocycles. The largest absolute Gasteiger partial charge is 0.593 e. The predicted molar refractivity (Wildman–Crippen MR) is 131 cm³/mol. The Kier molecular flexibility index (Phi) is 6.09. The predicted octanol–water partition coefficient (Wildman–Crippen LogP) is 3.27. The molecule has 2 aromatic carbocycles. The number of nitrogens with zero attached hydrogens (tertiary/aromatic N) is 5. The number of carbonyl (C=O) groups is 1. The van der Waals surface area contributed by atoms with Gasteiger partial charge in [-0.1, -0.05) is 12.1 Å². The van der Waals surface area contributed by atoms with Gasteiger partial charge in [0.2, 0.25) is 0 Å². The molecule has 0 saturated carbocycles. The minimum Gasteiger partial charge on any atom is -0.593 e. The van der Waals surface area contributed by atoms with Crippen LogP contribution in [0.5, 0.6) is 5.75 Å². The monoisotopic (exact) mass is 504 g/mol. The highest BCUT2D eigenvalue weighted by molar-refractivity contribution is 7.89. The summed E-state index contributed by atoms with van der Waals surface area (Å²) in [6.07, 6.45) is 2.16. The highest BCUT2D eigenvalue weighted by atomic mass is 32.2. The van der Waals surface area contributed by atoms with Crippen molar-refractivity contribution in [1.29, 1.82) is 5.26 Å². The molecule has 1 unspecified atom stereocenters. The van der Waals surface area contributed by atoms with Gasteiger partial charge in [-0.25, -0.2) is 14.4 Å². The molecule has 4 aromatic rings. The molecule has 182 valence electrons. The Morgan fingerprint density at radius 2 is 2.11 bits per heavy atom. The first-order valence-electron chi connectivity index (χ1n) is 11.1. The van der Waals surface area contributed by atoms with Crippen LogP contribution in [0.4, 0.5) is 10.1 Å². The number of anilines is 1. The maximum atomic E-state index is 15.3. The Bertz CT molecular complexity index is 1550. The SMILES string of the molecule is CN[S+]([O-])c1cccc(-c2cc(F)c3c(c2)N(Cc2c(C)nc4cnc(C#N)cn24)C(=O)[C@@H](C)O3)c1. The standard InChI is InChI=1S/C25H21FN6O3S/c1-14-22(31-12-18(10-27)29-11-23(31)30-14)13-32-21-9-17(8-20(26)24(21)35-15(2)25(32)33)16-5-4-6-19(7-16)36(34)28-3/h4-9,11-12,15,28H,13H2,1-3H3/t15-,36?/m1/s1. The Morgan fingerprint density at radius 3 is 2.86 bits per heavy atom. The van der Waals surface area contributed by atoms with Crippen LogP contribution >= 0.6 is 0 Å². The molecule has 5 rings (SSSR count). The molecule has 1 amide bonds. The minimum absolute atomic E-state index is 0.0216. The number of rotatable bonds is 5.